The first-order chi connectivity index (χ1) is 12.6. The molecule has 1 N–H and O–H groups in total. The average Bonchev–Trinajstić information content (AvgIpc) is 2.65. The fraction of sp³-hybridized carbons (Fsp3) is 0.333. The zero-order chi connectivity index (χ0) is 18.9. The predicted octanol–water partition coefficient (Wildman–Crippen LogP) is 3.75. The molecular formula is C21H26N2O3. The number of amides is 2. The van der Waals surface area contributed by atoms with E-state index < -0.39 is 0 Å². The molecule has 0 radical (unpaired) electrons. The monoisotopic (exact) mass is 354 g/mol. The van der Waals surface area contributed by atoms with Crippen LogP contribution in [-0.4, -0.2) is 36.4 Å². The second-order valence-corrected chi connectivity index (χ2v) is 5.86. The third kappa shape index (κ3) is 5.34. The van der Waals surface area contributed by atoms with Crippen LogP contribution in [0.1, 0.15) is 36.7 Å². The SMILES string of the molecule is CCOc1ccc(CC(=O)Nc2ccc(C(=O)N(CC)CC)cc2)cc1. The molecule has 2 rings (SSSR count). The lowest BCUT2D eigenvalue weighted by atomic mass is 10.1. The fourth-order valence-corrected chi connectivity index (χ4v) is 2.65. The van der Waals surface area contributed by atoms with Crippen molar-refractivity contribution in [2.45, 2.75) is 27.2 Å². The summed E-state index contributed by atoms with van der Waals surface area (Å²) in [4.78, 5) is 26.2. The Morgan fingerprint density at radius 2 is 1.54 bits per heavy atom. The van der Waals surface area contributed by atoms with Crippen LogP contribution in [0, 0.1) is 0 Å². The zero-order valence-corrected chi connectivity index (χ0v) is 15.6. The van der Waals surface area contributed by atoms with E-state index in [0.29, 0.717) is 30.9 Å². The molecule has 0 bridgehead atoms. The van der Waals surface area contributed by atoms with Gasteiger partial charge in [-0.1, -0.05) is 12.1 Å². The number of hydrogen-bond donors (Lipinski definition) is 1. The average molecular weight is 354 g/mol. The molecule has 2 amide bonds. The van der Waals surface area contributed by atoms with Gasteiger partial charge in [-0.3, -0.25) is 9.59 Å². The first-order valence-electron chi connectivity index (χ1n) is 8.98. The van der Waals surface area contributed by atoms with E-state index in [4.69, 9.17) is 4.74 Å². The maximum atomic E-state index is 12.3. The topological polar surface area (TPSA) is 58.6 Å². The van der Waals surface area contributed by atoms with Gasteiger partial charge in [0.15, 0.2) is 0 Å². The van der Waals surface area contributed by atoms with Crippen LogP contribution in [0.15, 0.2) is 48.5 Å². The molecule has 0 aromatic heterocycles. The molecule has 0 atom stereocenters. The van der Waals surface area contributed by atoms with Gasteiger partial charge in [-0.2, -0.15) is 0 Å². The van der Waals surface area contributed by atoms with Gasteiger partial charge in [0.2, 0.25) is 5.91 Å². The van der Waals surface area contributed by atoms with E-state index in [2.05, 4.69) is 5.32 Å². The summed E-state index contributed by atoms with van der Waals surface area (Å²) in [6.45, 7) is 7.81. The van der Waals surface area contributed by atoms with Crippen molar-refractivity contribution in [1.82, 2.24) is 4.90 Å². The lowest BCUT2D eigenvalue weighted by molar-refractivity contribution is -0.115. The molecule has 5 heteroatoms. The van der Waals surface area contributed by atoms with Crippen LogP contribution in [0.5, 0.6) is 5.75 Å². The molecule has 0 heterocycles. The molecule has 0 aliphatic heterocycles. The Morgan fingerprint density at radius 1 is 0.923 bits per heavy atom. The van der Waals surface area contributed by atoms with Crippen LogP contribution in [-0.2, 0) is 11.2 Å². The van der Waals surface area contributed by atoms with Crippen molar-refractivity contribution < 1.29 is 14.3 Å². The first-order valence-corrected chi connectivity index (χ1v) is 8.98. The van der Waals surface area contributed by atoms with Gasteiger partial charge in [0, 0.05) is 24.3 Å². The normalized spacial score (nSPS) is 10.3. The Hall–Kier alpha value is -2.82. The van der Waals surface area contributed by atoms with Gasteiger partial charge in [-0.05, 0) is 62.7 Å². The van der Waals surface area contributed by atoms with Crippen LogP contribution in [0.25, 0.3) is 0 Å². The Morgan fingerprint density at radius 3 is 2.08 bits per heavy atom. The Balaban J connectivity index is 1.93. The summed E-state index contributed by atoms with van der Waals surface area (Å²) in [6, 6.07) is 14.5. The van der Waals surface area contributed by atoms with Gasteiger partial charge in [0.05, 0.1) is 13.0 Å². The quantitative estimate of drug-likeness (QED) is 0.785. The van der Waals surface area contributed by atoms with Crippen LogP contribution in [0.4, 0.5) is 5.69 Å². The van der Waals surface area contributed by atoms with Crippen molar-refractivity contribution in [1.29, 1.82) is 0 Å². The summed E-state index contributed by atoms with van der Waals surface area (Å²) in [5, 5.41) is 2.86. The molecule has 0 spiro atoms. The molecule has 0 aliphatic rings. The maximum Gasteiger partial charge on any atom is 0.253 e. The zero-order valence-electron chi connectivity index (χ0n) is 15.6. The summed E-state index contributed by atoms with van der Waals surface area (Å²) in [6.07, 6.45) is 0.284. The van der Waals surface area contributed by atoms with Crippen LogP contribution in [0.2, 0.25) is 0 Å². The van der Waals surface area contributed by atoms with Gasteiger partial charge in [0.25, 0.3) is 5.91 Å². The number of hydrogen-bond acceptors (Lipinski definition) is 3. The van der Waals surface area contributed by atoms with Crippen molar-refractivity contribution in [2.75, 3.05) is 25.0 Å². The second kappa shape index (κ2) is 9.61. The lowest BCUT2D eigenvalue weighted by Crippen LogP contribution is -2.30. The summed E-state index contributed by atoms with van der Waals surface area (Å²) in [5.74, 6) is 0.698. The fourth-order valence-electron chi connectivity index (χ4n) is 2.65. The Kier molecular flexibility index (Phi) is 7.21. The summed E-state index contributed by atoms with van der Waals surface area (Å²) >= 11 is 0. The van der Waals surface area contributed by atoms with Crippen molar-refractivity contribution >= 4 is 17.5 Å². The van der Waals surface area contributed by atoms with Crippen LogP contribution >= 0.6 is 0 Å². The number of rotatable bonds is 8. The largest absolute Gasteiger partial charge is 0.494 e. The number of carbonyl (C=O) groups is 2. The van der Waals surface area contributed by atoms with E-state index in [1.165, 1.54) is 0 Å². The van der Waals surface area contributed by atoms with Crippen LogP contribution in [0.3, 0.4) is 0 Å². The molecule has 5 nitrogen and oxygen atoms in total. The number of anilines is 1. The van der Waals surface area contributed by atoms with Crippen molar-refractivity contribution in [3.05, 3.63) is 59.7 Å². The Bertz CT molecular complexity index is 720. The van der Waals surface area contributed by atoms with E-state index in [1.54, 1.807) is 29.2 Å². The summed E-state index contributed by atoms with van der Waals surface area (Å²) in [5.41, 5.74) is 2.22. The first kappa shape index (κ1) is 19.5. The highest BCUT2D eigenvalue weighted by Crippen LogP contribution is 2.15. The summed E-state index contributed by atoms with van der Waals surface area (Å²) in [7, 11) is 0. The molecule has 0 saturated heterocycles. The standard InChI is InChI=1S/C21H26N2O3/c1-4-23(5-2)21(25)17-9-11-18(12-10-17)22-20(24)15-16-7-13-19(14-8-16)26-6-3/h7-14H,4-6,15H2,1-3H3,(H,22,24). The Labute approximate surface area is 155 Å². The highest BCUT2D eigenvalue weighted by Gasteiger charge is 2.12. The number of benzene rings is 2. The van der Waals surface area contributed by atoms with Crippen molar-refractivity contribution in [3.8, 4) is 5.75 Å². The van der Waals surface area contributed by atoms with E-state index in [1.807, 2.05) is 45.0 Å². The molecule has 0 unspecified atom stereocenters. The van der Waals surface area contributed by atoms with Gasteiger partial charge in [-0.25, -0.2) is 0 Å². The highest BCUT2D eigenvalue weighted by molar-refractivity contribution is 5.96. The smallest absolute Gasteiger partial charge is 0.253 e. The summed E-state index contributed by atoms with van der Waals surface area (Å²) < 4.78 is 5.39. The number of ether oxygens (including phenoxy) is 1. The molecule has 2 aromatic carbocycles. The number of nitrogens with zero attached hydrogens (tertiary/aromatic N) is 1. The van der Waals surface area contributed by atoms with Gasteiger partial charge in [-0.15, -0.1) is 0 Å². The predicted molar refractivity (Wildman–Crippen MR) is 104 cm³/mol. The molecular weight excluding hydrogens is 328 g/mol. The van der Waals surface area contributed by atoms with Crippen molar-refractivity contribution in [3.63, 3.8) is 0 Å². The van der Waals surface area contributed by atoms with E-state index >= 15 is 0 Å². The van der Waals surface area contributed by atoms with Gasteiger partial charge >= 0.3 is 0 Å². The van der Waals surface area contributed by atoms with E-state index in [9.17, 15) is 9.59 Å². The molecule has 138 valence electrons. The highest BCUT2D eigenvalue weighted by atomic mass is 16.5. The van der Waals surface area contributed by atoms with Gasteiger partial charge < -0.3 is 15.0 Å². The minimum absolute atomic E-state index is 0.00210. The third-order valence-corrected chi connectivity index (χ3v) is 4.07. The van der Waals surface area contributed by atoms with Crippen LogP contribution < -0.4 is 10.1 Å². The molecule has 26 heavy (non-hydrogen) atoms. The van der Waals surface area contributed by atoms with E-state index in [0.717, 1.165) is 11.3 Å². The minimum Gasteiger partial charge on any atom is -0.494 e. The number of nitrogens with one attached hydrogen (secondary N) is 1. The molecule has 0 aliphatic carbocycles. The third-order valence-electron chi connectivity index (χ3n) is 4.07. The van der Waals surface area contributed by atoms with E-state index in [-0.39, 0.29) is 18.2 Å². The second-order valence-electron chi connectivity index (χ2n) is 5.86. The molecule has 0 saturated carbocycles. The van der Waals surface area contributed by atoms with Crippen molar-refractivity contribution in [2.24, 2.45) is 0 Å². The lowest BCUT2D eigenvalue weighted by Gasteiger charge is -2.18. The number of carbonyl (C=O) groups excluding carboxylic acids is 2. The minimum atomic E-state index is -0.100. The molecule has 2 aromatic rings. The maximum absolute atomic E-state index is 12.3. The molecule has 0 fully saturated rings. The van der Waals surface area contributed by atoms with Gasteiger partial charge in [0.1, 0.15) is 5.75 Å².